The molecule has 8 aliphatic heterocycles. The summed E-state index contributed by atoms with van der Waals surface area (Å²) in [7, 11) is 2.31. The second kappa shape index (κ2) is 21.5. The predicted octanol–water partition coefficient (Wildman–Crippen LogP) is 7.30. The summed E-state index contributed by atoms with van der Waals surface area (Å²) < 4.78 is 0. The molecule has 0 aliphatic carbocycles. The SMILES string of the molecule is CCN1Cc2cc3cc(c2)CN2CCN(Cc4cc5cc(c4)CN4CCN(Cc6cc(cc(c6)CN6CCN(Cc7cc(cc(c7)CN7CCN(C3)C7)CC(C)C=CCN(C)C5)C6)CC(C)C1)C4)C2. The van der Waals surface area contributed by atoms with Crippen molar-refractivity contribution < 1.29 is 0 Å². The molecule has 20 bridgehead atoms. The molecule has 0 N–H and O–H groups in total. The lowest BCUT2D eigenvalue weighted by molar-refractivity contribution is 0.229. The third-order valence-corrected chi connectivity index (χ3v) is 16.1. The first kappa shape index (κ1) is 47.5. The first-order valence-corrected chi connectivity index (χ1v) is 27.0. The molecule has 8 heterocycles. The first-order chi connectivity index (χ1) is 33.6. The molecule has 10 atom stereocenters. The van der Waals surface area contributed by atoms with E-state index in [1.54, 1.807) is 0 Å². The van der Waals surface area contributed by atoms with Crippen LogP contribution in [0.2, 0.25) is 0 Å². The van der Waals surface area contributed by atoms with Gasteiger partial charge in [-0.25, -0.2) is 0 Å². The maximum atomic E-state index is 2.73. The second-order valence-corrected chi connectivity index (χ2v) is 23.1. The number of likely N-dealkylation sites (N-methyl/N-ethyl adjacent to an activating group) is 1. The Morgan fingerprint density at radius 2 is 0.667 bits per heavy atom. The van der Waals surface area contributed by atoms with Gasteiger partial charge in [0, 0.05) is 131 Å². The molecule has 4 aromatic rings. The number of hydrogen-bond acceptors (Lipinski definition) is 10. The maximum Gasteiger partial charge on any atom is 0.0513 e. The lowest BCUT2D eigenvalue weighted by atomic mass is 9.96. The quantitative estimate of drug-likeness (QED) is 0.182. The van der Waals surface area contributed by atoms with Crippen molar-refractivity contribution in [3.05, 3.63) is 152 Å². The lowest BCUT2D eigenvalue weighted by Gasteiger charge is -2.27. The Bertz CT molecular complexity index is 2430. The van der Waals surface area contributed by atoms with Crippen molar-refractivity contribution in [1.82, 2.24) is 49.0 Å². The Morgan fingerprint density at radius 1 is 0.377 bits per heavy atom. The molecule has 0 amide bonds. The molecular weight excluding hydrogens is 849 g/mol. The average molecular weight is 931 g/mol. The molecule has 4 saturated heterocycles. The number of fused-ring (bicyclic) bond motifs is 9. The summed E-state index contributed by atoms with van der Waals surface area (Å²) in [5, 5.41) is 0. The van der Waals surface area contributed by atoms with Crippen LogP contribution in [0.5, 0.6) is 0 Å². The van der Waals surface area contributed by atoms with Crippen molar-refractivity contribution >= 4 is 0 Å². The van der Waals surface area contributed by atoms with Gasteiger partial charge >= 0.3 is 0 Å². The van der Waals surface area contributed by atoms with Crippen LogP contribution in [-0.4, -0.2) is 155 Å². The summed E-state index contributed by atoms with van der Waals surface area (Å²) in [6, 6.07) is 30.7. The van der Waals surface area contributed by atoms with Crippen molar-refractivity contribution in [2.45, 2.75) is 99.1 Å². The molecule has 10 heteroatoms. The molecule has 0 saturated carbocycles. The van der Waals surface area contributed by atoms with Crippen LogP contribution in [0.3, 0.4) is 0 Å². The maximum absolute atomic E-state index is 2.73. The van der Waals surface area contributed by atoms with Gasteiger partial charge in [-0.2, -0.15) is 0 Å². The van der Waals surface area contributed by atoms with Gasteiger partial charge in [0.1, 0.15) is 0 Å². The first-order valence-electron chi connectivity index (χ1n) is 27.0. The van der Waals surface area contributed by atoms with Crippen LogP contribution < -0.4 is 0 Å². The number of nitrogens with zero attached hydrogens (tertiary/aromatic N) is 10. The van der Waals surface area contributed by atoms with Crippen LogP contribution in [-0.2, 0) is 78.3 Å². The van der Waals surface area contributed by atoms with E-state index >= 15 is 0 Å². The van der Waals surface area contributed by atoms with Crippen molar-refractivity contribution in [2.24, 2.45) is 11.8 Å². The zero-order valence-corrected chi connectivity index (χ0v) is 42.8. The standard InChI is InChI=1S/C59H82N10/c1-5-61-31-47(3)18-49-21-53-26-54(22-49)37-65-11-13-66(43-65)38-56-23-50-24-57(29-56)39-67-15-16-69(45-67)41-59-28-55(33-61)27-58(30-59)40-68-14-12-63(44-68)35-52-20-48(17-46(2)7-6-8-60(4)32-50)19-51(25-52)34-62-9-10-64(36-53)42-62/h6-7,19-30,46-47H,5,8-18,31-45H2,1-4H3. The molecule has 0 spiro atoms. The second-order valence-electron chi connectivity index (χ2n) is 23.1. The van der Waals surface area contributed by atoms with Gasteiger partial charge in [-0.1, -0.05) is 106 Å². The summed E-state index contributed by atoms with van der Waals surface area (Å²) >= 11 is 0. The van der Waals surface area contributed by atoms with Crippen LogP contribution in [0.4, 0.5) is 0 Å². The Balaban J connectivity index is 1.01. The minimum absolute atomic E-state index is 0.465. The molecule has 12 rings (SSSR count). The minimum Gasteiger partial charge on any atom is -0.299 e. The van der Waals surface area contributed by atoms with E-state index in [1.165, 1.54) is 66.8 Å². The van der Waals surface area contributed by atoms with E-state index in [9.17, 15) is 0 Å². The molecule has 8 aliphatic rings. The third kappa shape index (κ3) is 12.6. The van der Waals surface area contributed by atoms with E-state index < -0.39 is 0 Å². The minimum atomic E-state index is 0.465. The van der Waals surface area contributed by atoms with Gasteiger partial charge in [0.05, 0.1) is 26.7 Å². The molecular formula is C59H82N10. The van der Waals surface area contributed by atoms with Crippen LogP contribution in [0, 0.1) is 11.8 Å². The van der Waals surface area contributed by atoms with Gasteiger partial charge in [-0.15, -0.1) is 0 Å². The summed E-state index contributed by atoms with van der Waals surface area (Å²) in [5.74, 6) is 1.02. The lowest BCUT2D eigenvalue weighted by Crippen LogP contribution is -2.29. The van der Waals surface area contributed by atoms with Crippen LogP contribution >= 0.6 is 0 Å². The number of benzene rings is 4. The fraction of sp³-hybridized carbons (Fsp3) is 0.559. The summed E-state index contributed by atoms with van der Waals surface area (Å²) in [6.07, 6.45) is 7.10. The number of hydrogen-bond donors (Lipinski definition) is 0. The number of rotatable bonds is 1. The van der Waals surface area contributed by atoms with E-state index in [-0.39, 0.29) is 0 Å². The largest absolute Gasteiger partial charge is 0.299 e. The molecule has 4 aromatic carbocycles. The van der Waals surface area contributed by atoms with Crippen molar-refractivity contribution in [3.63, 3.8) is 0 Å². The average Bonchev–Trinajstić information content (AvgIpc) is 4.12. The molecule has 69 heavy (non-hydrogen) atoms. The monoisotopic (exact) mass is 931 g/mol. The zero-order chi connectivity index (χ0) is 46.8. The van der Waals surface area contributed by atoms with E-state index in [1.807, 2.05) is 0 Å². The highest BCUT2D eigenvalue weighted by Gasteiger charge is 2.27. The van der Waals surface area contributed by atoms with E-state index in [0.29, 0.717) is 11.8 Å². The Labute approximate surface area is 415 Å². The topological polar surface area (TPSA) is 32.4 Å². The summed E-state index contributed by atoms with van der Waals surface area (Å²) in [4.78, 5) is 26.9. The van der Waals surface area contributed by atoms with E-state index in [4.69, 9.17) is 0 Å². The van der Waals surface area contributed by atoms with Crippen molar-refractivity contribution in [2.75, 3.05) is 106 Å². The van der Waals surface area contributed by atoms with Gasteiger partial charge in [0.2, 0.25) is 0 Å². The Kier molecular flexibility index (Phi) is 14.8. The highest BCUT2D eigenvalue weighted by molar-refractivity contribution is 5.35. The fourth-order valence-corrected chi connectivity index (χ4v) is 13.2. The van der Waals surface area contributed by atoms with E-state index in [0.717, 1.165) is 177 Å². The molecule has 10 nitrogen and oxygen atoms in total. The van der Waals surface area contributed by atoms with Gasteiger partial charge in [-0.3, -0.25) is 49.0 Å². The van der Waals surface area contributed by atoms with Gasteiger partial charge < -0.3 is 0 Å². The highest BCUT2D eigenvalue weighted by Crippen LogP contribution is 2.27. The fourth-order valence-electron chi connectivity index (χ4n) is 13.2. The van der Waals surface area contributed by atoms with Crippen LogP contribution in [0.1, 0.15) is 87.5 Å². The summed E-state index contributed by atoms with van der Waals surface area (Å²) in [6.45, 7) is 33.5. The highest BCUT2D eigenvalue weighted by atomic mass is 15.4. The van der Waals surface area contributed by atoms with Crippen molar-refractivity contribution in [3.8, 4) is 0 Å². The predicted molar refractivity (Wildman–Crippen MR) is 281 cm³/mol. The number of allylic oxidation sites excluding steroid dienone is 1. The van der Waals surface area contributed by atoms with Crippen LogP contribution in [0.15, 0.2) is 84.9 Å². The van der Waals surface area contributed by atoms with Crippen molar-refractivity contribution in [1.29, 1.82) is 0 Å². The van der Waals surface area contributed by atoms with Crippen LogP contribution in [0.25, 0.3) is 0 Å². The van der Waals surface area contributed by atoms with E-state index in [2.05, 4.69) is 162 Å². The van der Waals surface area contributed by atoms with Gasteiger partial charge in [0.25, 0.3) is 0 Å². The Hall–Kier alpha value is -3.78. The smallest absolute Gasteiger partial charge is 0.0513 e. The zero-order valence-electron chi connectivity index (χ0n) is 42.8. The Morgan fingerprint density at radius 3 is 1.00 bits per heavy atom. The molecule has 0 radical (unpaired) electrons. The molecule has 10 unspecified atom stereocenters. The van der Waals surface area contributed by atoms with Gasteiger partial charge in [-0.05, 0) is 105 Å². The molecule has 368 valence electrons. The third-order valence-electron chi connectivity index (χ3n) is 16.1. The summed E-state index contributed by atoms with van der Waals surface area (Å²) in [5.41, 5.74) is 17.7. The molecule has 4 fully saturated rings. The normalized spacial score (nSPS) is 31.6. The van der Waals surface area contributed by atoms with Gasteiger partial charge in [0.15, 0.2) is 0 Å². The molecule has 0 aromatic heterocycles.